The van der Waals surface area contributed by atoms with E-state index in [1.165, 1.54) is 10.2 Å². The second kappa shape index (κ2) is 4.74. The van der Waals surface area contributed by atoms with Crippen LogP contribution >= 0.6 is 0 Å². The summed E-state index contributed by atoms with van der Waals surface area (Å²) < 4.78 is 1.44. The molecule has 0 radical (unpaired) electrons. The fraction of sp³-hybridized carbons (Fsp3) is 0.0625. The highest BCUT2D eigenvalue weighted by molar-refractivity contribution is 5.75. The lowest BCUT2D eigenvalue weighted by atomic mass is 10.1. The summed E-state index contributed by atoms with van der Waals surface area (Å²) in [5, 5.41) is 0. The van der Waals surface area contributed by atoms with Crippen LogP contribution in [0.1, 0.15) is 5.56 Å². The molecule has 1 heterocycles. The Kier molecular flexibility index (Phi) is 2.91. The molecule has 0 aliphatic rings. The van der Waals surface area contributed by atoms with E-state index in [0.717, 1.165) is 11.1 Å². The van der Waals surface area contributed by atoms with Crippen molar-refractivity contribution in [1.29, 1.82) is 0 Å². The number of rotatable bonds is 2. The molecule has 3 aromatic rings. The molecule has 0 aliphatic heterocycles. The standard InChI is InChI=1S/C16H16N4/c1-11-7-9-12(10-8-11)14-15(17)20(18)16(19-14)13-5-3-2-4-6-13/h2-10H,17-18H2,1H3. The Balaban J connectivity index is 2.13. The van der Waals surface area contributed by atoms with Gasteiger partial charge in [-0.15, -0.1) is 0 Å². The van der Waals surface area contributed by atoms with Crippen LogP contribution in [0.2, 0.25) is 0 Å². The summed E-state index contributed by atoms with van der Waals surface area (Å²) in [6.07, 6.45) is 0. The van der Waals surface area contributed by atoms with E-state index in [-0.39, 0.29) is 0 Å². The number of aromatic nitrogens is 2. The number of nitrogens with zero attached hydrogens (tertiary/aromatic N) is 2. The first-order valence-electron chi connectivity index (χ1n) is 6.42. The zero-order chi connectivity index (χ0) is 14.1. The zero-order valence-electron chi connectivity index (χ0n) is 11.2. The van der Waals surface area contributed by atoms with Crippen molar-refractivity contribution in [2.45, 2.75) is 6.92 Å². The molecule has 0 bridgehead atoms. The summed E-state index contributed by atoms with van der Waals surface area (Å²) in [5.41, 5.74) is 9.91. The number of imidazole rings is 1. The fourth-order valence-electron chi connectivity index (χ4n) is 2.16. The van der Waals surface area contributed by atoms with E-state index >= 15 is 0 Å². The number of hydrogen-bond acceptors (Lipinski definition) is 3. The van der Waals surface area contributed by atoms with Crippen molar-refractivity contribution in [3.63, 3.8) is 0 Å². The Labute approximate surface area is 117 Å². The molecular weight excluding hydrogens is 248 g/mol. The van der Waals surface area contributed by atoms with Gasteiger partial charge >= 0.3 is 0 Å². The summed E-state index contributed by atoms with van der Waals surface area (Å²) in [5.74, 6) is 7.16. The van der Waals surface area contributed by atoms with E-state index in [2.05, 4.69) is 4.98 Å². The molecule has 0 amide bonds. The first kappa shape index (κ1) is 12.3. The number of anilines is 1. The molecule has 4 heteroatoms. The number of hydrogen-bond donors (Lipinski definition) is 2. The first-order valence-corrected chi connectivity index (χ1v) is 6.42. The molecule has 0 saturated heterocycles. The van der Waals surface area contributed by atoms with Crippen molar-refractivity contribution in [1.82, 2.24) is 9.66 Å². The number of nitrogen functional groups attached to an aromatic ring is 2. The monoisotopic (exact) mass is 264 g/mol. The van der Waals surface area contributed by atoms with E-state index in [0.29, 0.717) is 17.3 Å². The minimum absolute atomic E-state index is 0.465. The topological polar surface area (TPSA) is 69.9 Å². The molecule has 0 unspecified atom stereocenters. The molecule has 0 fully saturated rings. The second-order valence-corrected chi connectivity index (χ2v) is 4.77. The van der Waals surface area contributed by atoms with Gasteiger partial charge in [0.15, 0.2) is 11.6 Å². The molecule has 1 aromatic heterocycles. The van der Waals surface area contributed by atoms with Gasteiger partial charge in [0.05, 0.1) is 0 Å². The molecule has 0 saturated carbocycles. The van der Waals surface area contributed by atoms with Gasteiger partial charge in [0.1, 0.15) is 5.69 Å². The highest BCUT2D eigenvalue weighted by Gasteiger charge is 2.15. The lowest BCUT2D eigenvalue weighted by Crippen LogP contribution is -2.13. The van der Waals surface area contributed by atoms with Crippen molar-refractivity contribution >= 4 is 5.82 Å². The molecule has 0 atom stereocenters. The molecule has 2 aromatic carbocycles. The lowest BCUT2D eigenvalue weighted by molar-refractivity contribution is 1.02. The Hall–Kier alpha value is -2.75. The first-order chi connectivity index (χ1) is 9.66. The average molecular weight is 264 g/mol. The predicted molar refractivity (Wildman–Crippen MR) is 82.4 cm³/mol. The summed E-state index contributed by atoms with van der Waals surface area (Å²) >= 11 is 0. The molecular formula is C16H16N4. The molecule has 20 heavy (non-hydrogen) atoms. The molecule has 4 N–H and O–H groups in total. The Morgan fingerprint density at radius 1 is 0.900 bits per heavy atom. The van der Waals surface area contributed by atoms with E-state index in [1.807, 2.05) is 61.5 Å². The quantitative estimate of drug-likeness (QED) is 0.699. The Bertz CT molecular complexity index is 727. The summed E-state index contributed by atoms with van der Waals surface area (Å²) in [7, 11) is 0. The van der Waals surface area contributed by atoms with Gasteiger partial charge < -0.3 is 11.6 Å². The van der Waals surface area contributed by atoms with Crippen LogP contribution in [-0.4, -0.2) is 9.66 Å². The van der Waals surface area contributed by atoms with E-state index < -0.39 is 0 Å². The molecule has 0 aliphatic carbocycles. The van der Waals surface area contributed by atoms with Crippen LogP contribution in [-0.2, 0) is 0 Å². The Morgan fingerprint density at radius 2 is 1.55 bits per heavy atom. The average Bonchev–Trinajstić information content (AvgIpc) is 2.77. The van der Waals surface area contributed by atoms with Crippen LogP contribution < -0.4 is 11.6 Å². The molecule has 4 nitrogen and oxygen atoms in total. The summed E-state index contributed by atoms with van der Waals surface area (Å²) in [6.45, 7) is 2.05. The minimum atomic E-state index is 0.465. The highest BCUT2D eigenvalue weighted by Crippen LogP contribution is 2.29. The third-order valence-electron chi connectivity index (χ3n) is 3.31. The number of aryl methyl sites for hydroxylation is 1. The van der Waals surface area contributed by atoms with Crippen LogP contribution in [0.4, 0.5) is 5.82 Å². The lowest BCUT2D eigenvalue weighted by Gasteiger charge is -2.02. The van der Waals surface area contributed by atoms with Crippen molar-refractivity contribution in [2.75, 3.05) is 11.6 Å². The van der Waals surface area contributed by atoms with Crippen molar-refractivity contribution in [2.24, 2.45) is 0 Å². The molecule has 3 rings (SSSR count). The van der Waals surface area contributed by atoms with Crippen LogP contribution in [0.15, 0.2) is 54.6 Å². The van der Waals surface area contributed by atoms with Crippen molar-refractivity contribution < 1.29 is 0 Å². The zero-order valence-corrected chi connectivity index (χ0v) is 11.2. The minimum Gasteiger partial charge on any atom is -0.382 e. The highest BCUT2D eigenvalue weighted by atomic mass is 15.4. The van der Waals surface area contributed by atoms with Gasteiger partial charge in [-0.3, -0.25) is 0 Å². The van der Waals surface area contributed by atoms with Gasteiger partial charge in [-0.05, 0) is 6.92 Å². The van der Waals surface area contributed by atoms with E-state index in [1.54, 1.807) is 0 Å². The van der Waals surface area contributed by atoms with Crippen molar-refractivity contribution in [3.05, 3.63) is 60.2 Å². The van der Waals surface area contributed by atoms with Gasteiger partial charge in [-0.2, -0.15) is 0 Å². The predicted octanol–water partition coefficient (Wildman–Crippen LogP) is 2.82. The third kappa shape index (κ3) is 2.01. The maximum atomic E-state index is 6.09. The van der Waals surface area contributed by atoms with Crippen molar-refractivity contribution in [3.8, 4) is 22.6 Å². The summed E-state index contributed by atoms with van der Waals surface area (Å²) in [6, 6.07) is 17.9. The normalized spacial score (nSPS) is 10.7. The summed E-state index contributed by atoms with van der Waals surface area (Å²) in [4.78, 5) is 4.59. The van der Waals surface area contributed by atoms with E-state index in [4.69, 9.17) is 11.6 Å². The van der Waals surface area contributed by atoms with Crippen LogP contribution in [0.25, 0.3) is 22.6 Å². The number of nitrogens with two attached hydrogens (primary N) is 2. The smallest absolute Gasteiger partial charge is 0.160 e. The van der Waals surface area contributed by atoms with Gasteiger partial charge in [0, 0.05) is 11.1 Å². The third-order valence-corrected chi connectivity index (χ3v) is 3.31. The van der Waals surface area contributed by atoms with Crippen LogP contribution in [0.5, 0.6) is 0 Å². The van der Waals surface area contributed by atoms with E-state index in [9.17, 15) is 0 Å². The maximum absolute atomic E-state index is 6.09. The van der Waals surface area contributed by atoms with Crippen LogP contribution in [0, 0.1) is 6.92 Å². The largest absolute Gasteiger partial charge is 0.382 e. The molecule has 0 spiro atoms. The second-order valence-electron chi connectivity index (χ2n) is 4.77. The Morgan fingerprint density at radius 3 is 2.20 bits per heavy atom. The van der Waals surface area contributed by atoms with Gasteiger partial charge in [0.25, 0.3) is 0 Å². The number of benzene rings is 2. The molecule has 100 valence electrons. The SMILES string of the molecule is Cc1ccc(-c2nc(-c3ccccc3)n(N)c2N)cc1. The van der Waals surface area contributed by atoms with Gasteiger partial charge in [0.2, 0.25) is 0 Å². The van der Waals surface area contributed by atoms with Crippen LogP contribution in [0.3, 0.4) is 0 Å². The fourth-order valence-corrected chi connectivity index (χ4v) is 2.16. The van der Waals surface area contributed by atoms with Gasteiger partial charge in [-0.25, -0.2) is 9.66 Å². The maximum Gasteiger partial charge on any atom is 0.160 e. The van der Waals surface area contributed by atoms with Gasteiger partial charge in [-0.1, -0.05) is 60.2 Å².